The summed E-state index contributed by atoms with van der Waals surface area (Å²) in [4.78, 5) is 20.6. The molecule has 0 amide bonds. The second-order valence-corrected chi connectivity index (χ2v) is 28.9. The zero-order chi connectivity index (χ0) is 75.4. The molecule has 0 aliphatic rings. The number of hydrogen-bond donors (Lipinski definition) is 0. The Kier molecular flexibility index (Phi) is 20.9. The van der Waals surface area contributed by atoms with Crippen molar-refractivity contribution in [2.45, 2.75) is 88.5 Å². The molecule has 16 rings (SSSR count). The molecule has 0 saturated heterocycles. The van der Waals surface area contributed by atoms with Gasteiger partial charge < -0.3 is 0 Å². The number of benzene rings is 8. The summed E-state index contributed by atoms with van der Waals surface area (Å²) in [7, 11) is 8.11. The van der Waals surface area contributed by atoms with Crippen LogP contribution in [-0.4, -0.2) is 19.9 Å². The fourth-order valence-corrected chi connectivity index (χ4v) is 14.7. The van der Waals surface area contributed by atoms with Crippen LogP contribution in [0.15, 0.2) is 275 Å². The number of aromatic nitrogens is 12. The molecule has 0 aliphatic carbocycles. The molecular formula is C94H93N13+8. The lowest BCUT2D eigenvalue weighted by molar-refractivity contribution is -0.663. The fraction of sp³-hybridized carbons (Fsp3) is 0.181. The van der Waals surface area contributed by atoms with E-state index in [1.54, 1.807) is 12.5 Å². The van der Waals surface area contributed by atoms with Crippen LogP contribution < -0.4 is 36.5 Å². The van der Waals surface area contributed by atoms with Crippen molar-refractivity contribution in [3.05, 3.63) is 342 Å². The van der Waals surface area contributed by atoms with E-state index < -0.39 is 0 Å². The van der Waals surface area contributed by atoms with Gasteiger partial charge in [-0.2, -0.15) is 18.3 Å². The van der Waals surface area contributed by atoms with Gasteiger partial charge in [-0.1, -0.05) is 107 Å². The Labute approximate surface area is 628 Å². The number of pyridine rings is 4. The van der Waals surface area contributed by atoms with Gasteiger partial charge in [0.1, 0.15) is 47.6 Å². The molecule has 0 radical (unpaired) electrons. The van der Waals surface area contributed by atoms with E-state index >= 15 is 0 Å². The third kappa shape index (κ3) is 14.9. The van der Waals surface area contributed by atoms with E-state index in [1.807, 2.05) is 87.5 Å². The summed E-state index contributed by atoms with van der Waals surface area (Å²) < 4.78 is 17.4. The molecule has 0 fully saturated rings. The van der Waals surface area contributed by atoms with Crippen LogP contribution in [0, 0.1) is 68.9 Å². The molecule has 0 N–H and O–H groups in total. The van der Waals surface area contributed by atoms with Gasteiger partial charge in [-0.05, 0) is 123 Å². The molecule has 8 aromatic carbocycles. The maximum absolute atomic E-state index is 7.60. The summed E-state index contributed by atoms with van der Waals surface area (Å²) in [6.45, 7) is 33.9. The molecule has 0 atom stereocenters. The molecular weight excluding hydrogens is 1310 g/mol. The maximum Gasteiger partial charge on any atom is 0.286 e. The van der Waals surface area contributed by atoms with Crippen LogP contribution in [0.25, 0.3) is 116 Å². The highest BCUT2D eigenvalue weighted by molar-refractivity contribution is 5.94. The normalized spacial score (nSPS) is 11.2. The van der Waals surface area contributed by atoms with Gasteiger partial charge in [0.05, 0.1) is 40.1 Å². The predicted octanol–water partition coefficient (Wildman–Crippen LogP) is 16.6. The lowest BCUT2D eigenvalue weighted by Crippen LogP contribution is -2.37. The first-order chi connectivity index (χ1) is 51.6. The summed E-state index contributed by atoms with van der Waals surface area (Å²) in [5.41, 5.74) is 29.3. The highest BCUT2D eigenvalue weighted by Crippen LogP contribution is 2.36. The van der Waals surface area contributed by atoms with Gasteiger partial charge in [0, 0.05) is 173 Å². The van der Waals surface area contributed by atoms with Gasteiger partial charge >= 0.3 is 0 Å². The Morgan fingerprint density at radius 1 is 0.346 bits per heavy atom. The first kappa shape index (κ1) is 72.6. The van der Waals surface area contributed by atoms with Gasteiger partial charge in [-0.3, -0.25) is 0 Å². The van der Waals surface area contributed by atoms with Gasteiger partial charge in [-0.25, -0.2) is 23.1 Å². The Hall–Kier alpha value is -12.8. The first-order valence-corrected chi connectivity index (χ1v) is 36.3. The summed E-state index contributed by atoms with van der Waals surface area (Å²) in [6.07, 6.45) is 19.1. The quantitative estimate of drug-likeness (QED) is 0.112. The van der Waals surface area contributed by atoms with Crippen molar-refractivity contribution >= 4 is 49.0 Å². The molecule has 8 heterocycles. The average Bonchev–Trinajstić information content (AvgIpc) is 0.771. The Morgan fingerprint density at radius 2 is 0.785 bits per heavy atom. The van der Waals surface area contributed by atoms with Crippen molar-refractivity contribution in [2.75, 3.05) is 0 Å². The van der Waals surface area contributed by atoms with Gasteiger partial charge in [0.25, 0.3) is 25.3 Å². The van der Waals surface area contributed by atoms with E-state index in [4.69, 9.17) is 6.57 Å². The van der Waals surface area contributed by atoms with Gasteiger partial charge in [-0.15, -0.1) is 0 Å². The summed E-state index contributed by atoms with van der Waals surface area (Å²) in [5, 5.41) is 7.44. The Morgan fingerprint density at radius 3 is 1.29 bits per heavy atom. The van der Waals surface area contributed by atoms with Crippen molar-refractivity contribution in [2.24, 2.45) is 28.2 Å². The predicted molar refractivity (Wildman–Crippen MR) is 427 cm³/mol. The molecule has 107 heavy (non-hydrogen) atoms. The highest BCUT2D eigenvalue weighted by atomic mass is 15.0. The molecule has 0 unspecified atom stereocenters. The molecule has 13 heteroatoms. The fourth-order valence-electron chi connectivity index (χ4n) is 14.7. The first-order valence-electron chi connectivity index (χ1n) is 36.3. The summed E-state index contributed by atoms with van der Waals surface area (Å²) in [5.74, 6) is 0. The largest absolute Gasteiger partial charge is 0.286 e. The minimum absolute atomic E-state index is 0.0435. The second kappa shape index (κ2) is 30.9. The second-order valence-electron chi connectivity index (χ2n) is 28.9. The third-order valence-corrected chi connectivity index (χ3v) is 20.5. The van der Waals surface area contributed by atoms with E-state index in [0.29, 0.717) is 5.69 Å². The van der Waals surface area contributed by atoms with Crippen molar-refractivity contribution in [1.29, 1.82) is 0 Å². The molecule has 0 saturated carbocycles. The monoisotopic (exact) mass is 1400 g/mol. The number of rotatable bonds is 8. The summed E-state index contributed by atoms with van der Waals surface area (Å²) >= 11 is 0. The summed E-state index contributed by atoms with van der Waals surface area (Å²) in [6, 6.07) is 74.9. The van der Waals surface area contributed by atoms with E-state index in [9.17, 15) is 0 Å². The van der Waals surface area contributed by atoms with E-state index in [1.165, 1.54) is 128 Å². The molecule has 13 nitrogen and oxygen atoms in total. The number of nitrogens with zero attached hydrogens (tertiary/aromatic N) is 13. The Balaban J connectivity index is 0.000000126. The minimum atomic E-state index is 0.0435. The number of para-hydroxylation sites is 2. The van der Waals surface area contributed by atoms with Crippen LogP contribution in [-0.2, 0) is 33.6 Å². The molecule has 8 aromatic heterocycles. The molecule has 16 aromatic rings. The zero-order valence-electron chi connectivity index (χ0n) is 64.3. The van der Waals surface area contributed by atoms with Crippen LogP contribution in [0.4, 0.5) is 5.69 Å². The zero-order valence-corrected chi connectivity index (χ0v) is 64.3. The molecule has 0 spiro atoms. The van der Waals surface area contributed by atoms with Crippen molar-refractivity contribution < 1.29 is 36.5 Å². The number of hydrogen-bond acceptors (Lipinski definition) is 4. The van der Waals surface area contributed by atoms with Crippen molar-refractivity contribution in [3.63, 3.8) is 0 Å². The number of fused-ring (bicyclic) bond motifs is 4. The Bertz CT molecular complexity index is 6140. The molecule has 0 bridgehead atoms. The third-order valence-electron chi connectivity index (χ3n) is 20.5. The van der Waals surface area contributed by atoms with E-state index in [0.717, 1.165) is 39.4 Å². The van der Waals surface area contributed by atoms with Crippen LogP contribution in [0.1, 0.15) is 76.9 Å². The van der Waals surface area contributed by atoms with Crippen LogP contribution in [0.3, 0.4) is 0 Å². The standard InChI is InChI=1S/C26H29N3.C23H20N4.C23H23N3.C22H21N3/c1-18-11-12-20-9-7-8-10-23(20)29(18)25-16-21(26(3,4)5)15-22(19(25)2)24-13-14-27-17-28(24)6;1-16-9-10-18-7-5-6-8-21(18)27(16)23-14-19(24-3)13-20(17(23)2)22-11-12-25-15-26(22)4;1-16-11-21(22-9-10-24-15-25(22)4)18(3)23(12-16)26-14-20-8-6-5-7-19(20)13-17(26)2;1-16-8-6-7-13-25(16)22-17(2)20(21-11-12-23-15-24(21)3)14-18-9-4-5-10-19(18)22/h7-17H,1-6H3;5-15H,1-2,4H3;5-15H,1-4H3;4-15H,1-3H3/q4*+2. The van der Waals surface area contributed by atoms with Crippen LogP contribution >= 0.6 is 0 Å². The maximum atomic E-state index is 7.60. The SMILES string of the molecule is Cc1c(-c2ccnc[n+]2C)cc(C(C)(C)C)cc1-[n+]1c(C)ccc2ccccc21.Cc1c(-c2ccnc[n+]2C)cc2ccccc2c1-[n+]1ccccc1C.Cc1cc(-c2ccnc[n+]2C)c(C)c(-[n+]2cc3ccccc3cc2C)c1.[C-]#[N+]c1cc(-c2ccnc[n+]2C)c(C)c(-[n+]2c(C)ccc3ccccc32)c1. The smallest absolute Gasteiger partial charge is 0.238 e. The van der Waals surface area contributed by atoms with Gasteiger partial charge in [0.2, 0.25) is 33.8 Å². The molecule has 0 aliphatic heterocycles. The van der Waals surface area contributed by atoms with Crippen LogP contribution in [0.2, 0.25) is 0 Å². The van der Waals surface area contributed by atoms with Crippen LogP contribution in [0.5, 0.6) is 0 Å². The van der Waals surface area contributed by atoms with Gasteiger partial charge in [0.15, 0.2) is 40.9 Å². The van der Waals surface area contributed by atoms with E-state index in [-0.39, 0.29) is 5.41 Å². The molecule has 526 valence electrons. The lowest BCUT2D eigenvalue weighted by Gasteiger charge is -2.22. The lowest BCUT2D eigenvalue weighted by atomic mass is 9.84. The minimum Gasteiger partial charge on any atom is -0.238 e. The average molecular weight is 1400 g/mol. The topological polar surface area (TPSA) is 87.0 Å². The van der Waals surface area contributed by atoms with E-state index in [2.05, 4.69) is 347 Å². The highest BCUT2D eigenvalue weighted by Gasteiger charge is 2.30. The van der Waals surface area contributed by atoms with Crippen molar-refractivity contribution in [3.8, 4) is 67.8 Å². The van der Waals surface area contributed by atoms with Crippen molar-refractivity contribution in [1.82, 2.24) is 19.9 Å². The number of aryl methyl sites for hydroxylation is 9.